The molecule has 4 aliphatic rings. The summed E-state index contributed by atoms with van der Waals surface area (Å²) in [7, 11) is -4.24. The predicted molar refractivity (Wildman–Crippen MR) is 166 cm³/mol. The Bertz CT molecular complexity index is 1490. The van der Waals surface area contributed by atoms with Gasteiger partial charge in [0.05, 0.1) is 5.56 Å². The first-order chi connectivity index (χ1) is 20.5. The highest BCUT2D eigenvalue weighted by atomic mass is 32.2. The largest absolute Gasteiger partial charge is 0.370 e. The molecule has 232 valence electrons. The van der Waals surface area contributed by atoms with Gasteiger partial charge >= 0.3 is 6.03 Å². The van der Waals surface area contributed by atoms with E-state index in [0.717, 1.165) is 44.6 Å². The molecule has 6 rings (SSSR count). The summed E-state index contributed by atoms with van der Waals surface area (Å²) >= 11 is 0. The summed E-state index contributed by atoms with van der Waals surface area (Å²) in [5.74, 6) is 2.22. The van der Waals surface area contributed by atoms with Gasteiger partial charge in [0.25, 0.3) is 15.9 Å². The van der Waals surface area contributed by atoms with Gasteiger partial charge in [-0.2, -0.15) is 8.42 Å². The highest BCUT2D eigenvalue weighted by Gasteiger charge is 2.42. The van der Waals surface area contributed by atoms with Crippen LogP contribution >= 0.6 is 0 Å². The molecular formula is C31H43N7O4S. The van der Waals surface area contributed by atoms with Gasteiger partial charge in [0.2, 0.25) is 0 Å². The minimum Gasteiger partial charge on any atom is -0.370 e. The van der Waals surface area contributed by atoms with E-state index in [1.54, 1.807) is 29.2 Å². The number of anilines is 3. The fraction of sp³-hybridized carbons (Fsp3) is 0.613. The quantitative estimate of drug-likeness (QED) is 0.522. The average molecular weight is 610 g/mol. The summed E-state index contributed by atoms with van der Waals surface area (Å²) < 4.78 is 28.7. The topological polar surface area (TPSA) is 128 Å². The van der Waals surface area contributed by atoms with Crippen LogP contribution in [-0.2, 0) is 10.0 Å². The van der Waals surface area contributed by atoms with E-state index in [0.29, 0.717) is 55.5 Å². The molecule has 2 N–H and O–H groups in total. The summed E-state index contributed by atoms with van der Waals surface area (Å²) in [6.07, 6.45) is 7.50. The number of sulfonamides is 1. The highest BCUT2D eigenvalue weighted by Crippen LogP contribution is 2.40. The average Bonchev–Trinajstić information content (AvgIpc) is 3.49. The van der Waals surface area contributed by atoms with Crippen LogP contribution in [0, 0.1) is 17.8 Å². The summed E-state index contributed by atoms with van der Waals surface area (Å²) in [6.45, 7) is 9.82. The minimum absolute atomic E-state index is 0.0627. The molecule has 11 nitrogen and oxygen atoms in total. The lowest BCUT2D eigenvalue weighted by Crippen LogP contribution is -2.41. The van der Waals surface area contributed by atoms with E-state index in [-0.39, 0.29) is 22.2 Å². The first kappa shape index (κ1) is 29.7. The second-order valence-corrected chi connectivity index (χ2v) is 15.0. The standard InChI is InChI=1S/C31H43N7O4S/c1-21-9-11-22(12-10-21)19-36-16-17-37(30(36)40)26-14-13-24-28(34-26)38-20-23(18-31(38,2)3)6-5-15-32-25-7-4-8-27(33-25)43(41,42)35-29(24)39/h4,7-8,13-14,21-23H,5-6,9-12,15-20H2,1-3H3,(H,32,33)(H,35,39)/t21?,22?,23-/m0/s1. The monoisotopic (exact) mass is 609 g/mol. The van der Waals surface area contributed by atoms with Crippen LogP contribution in [0.15, 0.2) is 35.4 Å². The zero-order valence-corrected chi connectivity index (χ0v) is 26.2. The second-order valence-electron chi connectivity index (χ2n) is 13.4. The van der Waals surface area contributed by atoms with Gasteiger partial charge in [-0.3, -0.25) is 9.69 Å². The van der Waals surface area contributed by atoms with Gasteiger partial charge in [-0.1, -0.05) is 25.8 Å². The van der Waals surface area contributed by atoms with Crippen molar-refractivity contribution in [1.82, 2.24) is 19.6 Å². The lowest BCUT2D eigenvalue weighted by atomic mass is 9.83. The molecule has 3 fully saturated rings. The first-order valence-corrected chi connectivity index (χ1v) is 17.1. The Kier molecular flexibility index (Phi) is 7.99. The van der Waals surface area contributed by atoms with E-state index in [1.807, 2.05) is 4.90 Å². The molecule has 2 aromatic rings. The number of hydrogen-bond donors (Lipinski definition) is 2. The first-order valence-electron chi connectivity index (χ1n) is 15.6. The Hall–Kier alpha value is -3.41. The van der Waals surface area contributed by atoms with E-state index in [1.165, 1.54) is 18.9 Å². The molecule has 3 amide bonds. The molecule has 1 saturated carbocycles. The van der Waals surface area contributed by atoms with Crippen molar-refractivity contribution in [3.05, 3.63) is 35.9 Å². The van der Waals surface area contributed by atoms with Crippen LogP contribution in [-0.4, -0.2) is 73.5 Å². The van der Waals surface area contributed by atoms with Crippen LogP contribution in [0.5, 0.6) is 0 Å². The van der Waals surface area contributed by atoms with Crippen molar-refractivity contribution in [2.75, 3.05) is 47.8 Å². The van der Waals surface area contributed by atoms with Crippen LogP contribution in [0.25, 0.3) is 0 Å². The predicted octanol–water partition coefficient (Wildman–Crippen LogP) is 4.47. The van der Waals surface area contributed by atoms with Gasteiger partial charge in [0, 0.05) is 38.3 Å². The Morgan fingerprint density at radius 3 is 2.58 bits per heavy atom. The molecule has 5 heterocycles. The summed E-state index contributed by atoms with van der Waals surface area (Å²) in [4.78, 5) is 42.1. The number of hydrogen-bond acceptors (Lipinski definition) is 8. The van der Waals surface area contributed by atoms with E-state index >= 15 is 0 Å². The lowest BCUT2D eigenvalue weighted by molar-refractivity contribution is 0.0981. The molecule has 0 unspecified atom stereocenters. The molecule has 1 aliphatic carbocycles. The zero-order chi connectivity index (χ0) is 30.4. The maximum atomic E-state index is 13.6. The highest BCUT2D eigenvalue weighted by molar-refractivity contribution is 7.90. The van der Waals surface area contributed by atoms with E-state index in [4.69, 9.17) is 4.98 Å². The van der Waals surface area contributed by atoms with Gasteiger partial charge in [-0.15, -0.1) is 0 Å². The molecule has 1 atom stereocenters. The number of fused-ring (bicyclic) bond motifs is 6. The van der Waals surface area contributed by atoms with Gasteiger partial charge in [-0.25, -0.2) is 19.5 Å². The van der Waals surface area contributed by atoms with Gasteiger partial charge < -0.3 is 15.1 Å². The van der Waals surface area contributed by atoms with Crippen LogP contribution < -0.4 is 19.8 Å². The van der Waals surface area contributed by atoms with Crippen molar-refractivity contribution in [2.45, 2.75) is 76.3 Å². The number of aromatic nitrogens is 2. The molecule has 2 saturated heterocycles. The third-order valence-electron chi connectivity index (χ3n) is 9.63. The maximum absolute atomic E-state index is 13.6. The van der Waals surface area contributed by atoms with Crippen molar-refractivity contribution in [3.8, 4) is 0 Å². The Morgan fingerprint density at radius 2 is 1.79 bits per heavy atom. The summed E-state index contributed by atoms with van der Waals surface area (Å²) in [5.41, 5.74) is -0.162. The van der Waals surface area contributed by atoms with Crippen LogP contribution in [0.2, 0.25) is 0 Å². The van der Waals surface area contributed by atoms with Crippen molar-refractivity contribution < 1.29 is 18.0 Å². The third-order valence-corrected chi connectivity index (χ3v) is 10.9. The number of rotatable bonds is 3. The SMILES string of the molecule is CC1CCC(CN2CCN(c3ccc4c(n3)N3C[C@@H](CCCNc5cccc(n5)S(=O)(=O)NC4=O)CC3(C)C)C2=O)CC1. The number of urea groups is 1. The summed E-state index contributed by atoms with van der Waals surface area (Å²) in [6, 6.07) is 7.90. The maximum Gasteiger partial charge on any atom is 0.325 e. The fourth-order valence-corrected chi connectivity index (χ4v) is 8.15. The second kappa shape index (κ2) is 11.6. The Morgan fingerprint density at radius 1 is 1.00 bits per heavy atom. The number of amides is 3. The molecular weight excluding hydrogens is 566 g/mol. The molecule has 0 aromatic carbocycles. The molecule has 0 radical (unpaired) electrons. The van der Waals surface area contributed by atoms with E-state index in [9.17, 15) is 18.0 Å². The number of carbonyl (C=O) groups excluding carboxylic acids is 2. The smallest absolute Gasteiger partial charge is 0.325 e. The van der Waals surface area contributed by atoms with E-state index in [2.05, 4.69) is 40.7 Å². The Labute approximate surface area is 254 Å². The van der Waals surface area contributed by atoms with Gasteiger partial charge in [0.1, 0.15) is 17.5 Å². The molecule has 0 spiro atoms. The number of nitrogens with zero attached hydrogens (tertiary/aromatic N) is 5. The van der Waals surface area contributed by atoms with Crippen molar-refractivity contribution in [1.29, 1.82) is 0 Å². The minimum atomic E-state index is -4.24. The number of pyridine rings is 2. The van der Waals surface area contributed by atoms with Gasteiger partial charge in [0.15, 0.2) is 5.03 Å². The number of nitrogens with one attached hydrogen (secondary N) is 2. The van der Waals surface area contributed by atoms with Crippen molar-refractivity contribution in [2.24, 2.45) is 17.8 Å². The fourth-order valence-electron chi connectivity index (χ4n) is 7.21. The summed E-state index contributed by atoms with van der Waals surface area (Å²) in [5, 5.41) is 2.99. The zero-order valence-electron chi connectivity index (χ0n) is 25.4. The lowest BCUT2D eigenvalue weighted by Gasteiger charge is -2.34. The molecule has 2 aromatic heterocycles. The van der Waals surface area contributed by atoms with Gasteiger partial charge in [-0.05, 0) is 88.0 Å². The van der Waals surface area contributed by atoms with Crippen LogP contribution in [0.1, 0.15) is 76.1 Å². The van der Waals surface area contributed by atoms with Crippen LogP contribution in [0.3, 0.4) is 0 Å². The van der Waals surface area contributed by atoms with Crippen LogP contribution in [0.4, 0.5) is 22.2 Å². The molecule has 4 bridgehead atoms. The van der Waals surface area contributed by atoms with E-state index < -0.39 is 15.9 Å². The molecule has 3 aliphatic heterocycles. The molecule has 43 heavy (non-hydrogen) atoms. The van der Waals surface area contributed by atoms with Crippen molar-refractivity contribution in [3.63, 3.8) is 0 Å². The normalized spacial score (nSPS) is 27.1. The third kappa shape index (κ3) is 6.16. The molecule has 12 heteroatoms. The number of carbonyl (C=O) groups is 2. The van der Waals surface area contributed by atoms with Crippen molar-refractivity contribution >= 4 is 39.4 Å². The Balaban J connectivity index is 1.32.